The molecule has 0 radical (unpaired) electrons. The molecule has 0 fully saturated rings. The summed E-state index contributed by atoms with van der Waals surface area (Å²) in [6.07, 6.45) is 0.483. The van der Waals surface area contributed by atoms with E-state index in [1.807, 2.05) is 6.92 Å². The average molecular weight is 208 g/mol. The summed E-state index contributed by atoms with van der Waals surface area (Å²) in [6, 6.07) is 3.43. The highest BCUT2D eigenvalue weighted by Gasteiger charge is 2.28. The van der Waals surface area contributed by atoms with Crippen LogP contribution in [0.2, 0.25) is 0 Å². The summed E-state index contributed by atoms with van der Waals surface area (Å²) < 4.78 is 9.97. The van der Waals surface area contributed by atoms with Crippen molar-refractivity contribution < 1.29 is 19.4 Å². The molecule has 1 heterocycles. The third-order valence-corrected chi connectivity index (χ3v) is 2.47. The van der Waals surface area contributed by atoms with Gasteiger partial charge in [0.05, 0.1) is 7.11 Å². The number of carbonyl (C=O) groups is 1. The maximum absolute atomic E-state index is 11.5. The van der Waals surface area contributed by atoms with Crippen LogP contribution in [0.3, 0.4) is 0 Å². The lowest BCUT2D eigenvalue weighted by molar-refractivity contribution is 0.0296. The number of phenolic OH excluding ortho intramolecular Hbond substituents is 1. The molecule has 0 bridgehead atoms. The molecule has 1 unspecified atom stereocenters. The van der Waals surface area contributed by atoms with Gasteiger partial charge in [-0.05, 0) is 18.6 Å². The maximum atomic E-state index is 11.5. The third kappa shape index (κ3) is 1.52. The second kappa shape index (κ2) is 3.46. The van der Waals surface area contributed by atoms with Crippen LogP contribution in [0, 0.1) is 0 Å². The molecule has 4 heteroatoms. The van der Waals surface area contributed by atoms with Crippen LogP contribution in [0.25, 0.3) is 0 Å². The smallest absolute Gasteiger partial charge is 0.342 e. The van der Waals surface area contributed by atoms with Crippen LogP contribution >= 0.6 is 0 Å². The van der Waals surface area contributed by atoms with Crippen molar-refractivity contribution in [2.45, 2.75) is 19.4 Å². The zero-order valence-corrected chi connectivity index (χ0v) is 8.61. The third-order valence-electron chi connectivity index (χ3n) is 2.47. The molecule has 4 nitrogen and oxygen atoms in total. The van der Waals surface area contributed by atoms with Crippen molar-refractivity contribution in [3.63, 3.8) is 0 Å². The Hall–Kier alpha value is -1.71. The minimum atomic E-state index is -0.486. The van der Waals surface area contributed by atoms with Gasteiger partial charge in [-0.2, -0.15) is 0 Å². The molecule has 2 rings (SSSR count). The predicted octanol–water partition coefficient (Wildman–Crippen LogP) is 1.50. The molecule has 1 aliphatic rings. The summed E-state index contributed by atoms with van der Waals surface area (Å²) in [5, 5.41) is 9.77. The summed E-state index contributed by atoms with van der Waals surface area (Å²) in [6.45, 7) is 1.82. The normalized spacial score (nSPS) is 19.3. The van der Waals surface area contributed by atoms with Gasteiger partial charge < -0.3 is 14.6 Å². The maximum Gasteiger partial charge on any atom is 0.342 e. The van der Waals surface area contributed by atoms with E-state index in [-0.39, 0.29) is 17.4 Å². The van der Waals surface area contributed by atoms with Gasteiger partial charge in [0.1, 0.15) is 11.7 Å². The van der Waals surface area contributed by atoms with Gasteiger partial charge in [-0.25, -0.2) is 4.79 Å². The predicted molar refractivity (Wildman–Crippen MR) is 53.2 cm³/mol. The lowest BCUT2D eigenvalue weighted by Gasteiger charge is -2.22. The molecular formula is C11H12O4. The van der Waals surface area contributed by atoms with Crippen molar-refractivity contribution >= 4 is 5.97 Å². The van der Waals surface area contributed by atoms with Gasteiger partial charge in [-0.1, -0.05) is 6.07 Å². The number of methoxy groups -OCH3 is 1. The Morgan fingerprint density at radius 1 is 1.53 bits per heavy atom. The van der Waals surface area contributed by atoms with Gasteiger partial charge in [-0.15, -0.1) is 0 Å². The fourth-order valence-electron chi connectivity index (χ4n) is 1.77. The topological polar surface area (TPSA) is 55.8 Å². The molecule has 1 aromatic rings. The quantitative estimate of drug-likeness (QED) is 0.710. The van der Waals surface area contributed by atoms with E-state index >= 15 is 0 Å². The van der Waals surface area contributed by atoms with Crippen LogP contribution in [-0.4, -0.2) is 24.3 Å². The van der Waals surface area contributed by atoms with Crippen LogP contribution < -0.4 is 4.74 Å². The number of benzene rings is 1. The summed E-state index contributed by atoms with van der Waals surface area (Å²) in [7, 11) is 1.44. The first-order valence-corrected chi connectivity index (χ1v) is 4.73. The van der Waals surface area contributed by atoms with E-state index in [1.165, 1.54) is 7.11 Å². The van der Waals surface area contributed by atoms with Gasteiger partial charge in [0.2, 0.25) is 0 Å². The number of hydrogen-bond donors (Lipinski definition) is 1. The van der Waals surface area contributed by atoms with E-state index < -0.39 is 5.97 Å². The first-order chi connectivity index (χ1) is 7.13. The largest absolute Gasteiger partial charge is 0.504 e. The number of hydrogen-bond acceptors (Lipinski definition) is 4. The summed E-state index contributed by atoms with van der Waals surface area (Å²) in [5.41, 5.74) is 1.03. The zero-order chi connectivity index (χ0) is 11.0. The number of rotatable bonds is 1. The highest BCUT2D eigenvalue weighted by molar-refractivity contribution is 5.96. The average Bonchev–Trinajstić information content (AvgIpc) is 2.17. The molecule has 0 amide bonds. The Kier molecular flexibility index (Phi) is 2.26. The molecule has 1 atom stereocenters. The van der Waals surface area contributed by atoms with Gasteiger partial charge in [0.25, 0.3) is 0 Å². The number of carbonyl (C=O) groups excluding carboxylic acids is 1. The molecule has 15 heavy (non-hydrogen) atoms. The van der Waals surface area contributed by atoms with E-state index in [0.717, 1.165) is 5.56 Å². The first kappa shape index (κ1) is 9.83. The highest BCUT2D eigenvalue weighted by Crippen LogP contribution is 2.35. The Morgan fingerprint density at radius 3 is 2.93 bits per heavy atom. The molecule has 0 spiro atoms. The molecule has 1 N–H and O–H groups in total. The van der Waals surface area contributed by atoms with Crippen LogP contribution in [0.4, 0.5) is 0 Å². The summed E-state index contributed by atoms with van der Waals surface area (Å²) in [4.78, 5) is 11.5. The number of fused-ring (bicyclic) bond motifs is 1. The minimum Gasteiger partial charge on any atom is -0.504 e. The molecular weight excluding hydrogens is 196 g/mol. The van der Waals surface area contributed by atoms with E-state index in [4.69, 9.17) is 9.47 Å². The molecule has 0 saturated carbocycles. The molecule has 0 aliphatic carbocycles. The first-order valence-electron chi connectivity index (χ1n) is 4.73. The number of aromatic hydroxyl groups is 1. The van der Waals surface area contributed by atoms with Crippen molar-refractivity contribution in [3.8, 4) is 11.5 Å². The highest BCUT2D eigenvalue weighted by atomic mass is 16.5. The monoisotopic (exact) mass is 208 g/mol. The van der Waals surface area contributed by atoms with Crippen molar-refractivity contribution in [2.75, 3.05) is 7.11 Å². The minimum absolute atomic E-state index is 0.132. The molecule has 0 saturated heterocycles. The fourth-order valence-corrected chi connectivity index (χ4v) is 1.77. The molecule has 1 aliphatic heterocycles. The zero-order valence-electron chi connectivity index (χ0n) is 8.61. The lowest BCUT2D eigenvalue weighted by atomic mass is 9.98. The van der Waals surface area contributed by atoms with Crippen LogP contribution in [0.1, 0.15) is 22.8 Å². The fraction of sp³-hybridized carbons (Fsp3) is 0.364. The van der Waals surface area contributed by atoms with Crippen molar-refractivity contribution in [1.82, 2.24) is 0 Å². The summed E-state index contributed by atoms with van der Waals surface area (Å²) in [5.74, 6) is -0.327. The second-order valence-corrected chi connectivity index (χ2v) is 3.57. The van der Waals surface area contributed by atoms with Gasteiger partial charge in [-0.3, -0.25) is 0 Å². The molecule has 0 aromatic heterocycles. The second-order valence-electron chi connectivity index (χ2n) is 3.57. The number of cyclic esters (lactones) is 1. The summed E-state index contributed by atoms with van der Waals surface area (Å²) >= 11 is 0. The van der Waals surface area contributed by atoms with Gasteiger partial charge in [0.15, 0.2) is 11.5 Å². The standard InChI is InChI=1S/C11H12O4/c1-6-5-7-3-4-8(14-2)10(12)9(7)11(13)15-6/h3-4,6,12H,5H2,1-2H3. The van der Waals surface area contributed by atoms with E-state index in [9.17, 15) is 9.90 Å². The molecule has 80 valence electrons. The van der Waals surface area contributed by atoms with Crippen molar-refractivity contribution in [3.05, 3.63) is 23.3 Å². The van der Waals surface area contributed by atoms with Crippen molar-refractivity contribution in [2.24, 2.45) is 0 Å². The lowest BCUT2D eigenvalue weighted by Crippen LogP contribution is -2.25. The number of phenols is 1. The van der Waals surface area contributed by atoms with Gasteiger partial charge in [0, 0.05) is 6.42 Å². The Balaban J connectivity index is 2.56. The van der Waals surface area contributed by atoms with Crippen LogP contribution in [0.5, 0.6) is 11.5 Å². The SMILES string of the molecule is COc1ccc2c(c1O)C(=O)OC(C)C2. The Labute approximate surface area is 87.4 Å². The van der Waals surface area contributed by atoms with E-state index in [2.05, 4.69) is 0 Å². The van der Waals surface area contributed by atoms with E-state index in [1.54, 1.807) is 12.1 Å². The van der Waals surface area contributed by atoms with E-state index in [0.29, 0.717) is 12.2 Å². The molecule has 1 aromatic carbocycles. The Bertz CT molecular complexity index is 411. The number of ether oxygens (including phenoxy) is 2. The van der Waals surface area contributed by atoms with Crippen LogP contribution in [-0.2, 0) is 11.2 Å². The van der Waals surface area contributed by atoms with Gasteiger partial charge >= 0.3 is 5.97 Å². The van der Waals surface area contributed by atoms with Crippen molar-refractivity contribution in [1.29, 1.82) is 0 Å². The number of esters is 1. The Morgan fingerprint density at radius 2 is 2.27 bits per heavy atom. The van der Waals surface area contributed by atoms with Crippen LogP contribution in [0.15, 0.2) is 12.1 Å².